The number of carbonyl (C=O) groups excluding carboxylic acids is 3. The Morgan fingerprint density at radius 3 is 2.49 bits per heavy atom. The molecule has 222 valence electrons. The molecule has 0 aliphatic carbocycles. The normalized spacial score (nSPS) is 24.2. The highest BCUT2D eigenvalue weighted by molar-refractivity contribution is 7.14. The number of ether oxygens (including phenoxy) is 1. The summed E-state index contributed by atoms with van der Waals surface area (Å²) in [7, 11) is 2.11. The van der Waals surface area contributed by atoms with E-state index in [9.17, 15) is 23.2 Å². The highest BCUT2D eigenvalue weighted by Crippen LogP contribution is 2.37. The number of likely N-dealkylation sites (N-methyl/N-ethyl adjacent to an activating group) is 1. The van der Waals surface area contributed by atoms with Crippen molar-refractivity contribution in [2.24, 2.45) is 11.3 Å². The van der Waals surface area contributed by atoms with Gasteiger partial charge in [-0.2, -0.15) is 0 Å². The second-order valence-corrected chi connectivity index (χ2v) is 12.6. The van der Waals surface area contributed by atoms with Crippen LogP contribution in [-0.2, 0) is 14.3 Å². The number of hydrogen-bond donors (Lipinski definition) is 1. The van der Waals surface area contributed by atoms with Crippen molar-refractivity contribution < 1.29 is 27.9 Å². The number of fused-ring (bicyclic) bond motifs is 1. The SMILES string of the molecule is CCC(C)(C)[C@H](NC(=O)c1ccc(-c2csc(N3CCN(C)CC3)n2)cc1)C(=O)N1C[C@@H](C(F)F)[C@H]2OCC(=O)[C@H]21. The van der Waals surface area contributed by atoms with Crippen molar-refractivity contribution in [2.45, 2.75) is 51.8 Å². The molecule has 4 atom stereocenters. The fourth-order valence-electron chi connectivity index (χ4n) is 5.65. The largest absolute Gasteiger partial charge is 0.367 e. The zero-order chi connectivity index (χ0) is 29.5. The van der Waals surface area contributed by atoms with Crippen molar-refractivity contribution in [1.82, 2.24) is 20.1 Å². The zero-order valence-corrected chi connectivity index (χ0v) is 24.6. The van der Waals surface area contributed by atoms with Crippen molar-refractivity contribution in [3.8, 4) is 11.3 Å². The van der Waals surface area contributed by atoms with Crippen molar-refractivity contribution in [3.63, 3.8) is 0 Å². The van der Waals surface area contributed by atoms with Gasteiger partial charge < -0.3 is 24.8 Å². The Bertz CT molecular complexity index is 1280. The van der Waals surface area contributed by atoms with Crippen LogP contribution in [0.2, 0.25) is 0 Å². The maximum atomic E-state index is 13.8. The second-order valence-electron chi connectivity index (χ2n) is 11.8. The molecule has 1 N–H and O–H groups in total. The minimum Gasteiger partial charge on any atom is -0.367 e. The molecule has 4 heterocycles. The number of benzene rings is 1. The molecule has 0 bridgehead atoms. The Morgan fingerprint density at radius 1 is 1.17 bits per heavy atom. The van der Waals surface area contributed by atoms with Gasteiger partial charge >= 0.3 is 0 Å². The van der Waals surface area contributed by atoms with E-state index in [-0.39, 0.29) is 18.9 Å². The van der Waals surface area contributed by atoms with Crippen LogP contribution >= 0.6 is 11.3 Å². The number of thiazole rings is 1. The number of hydrogen-bond acceptors (Lipinski definition) is 8. The van der Waals surface area contributed by atoms with Crippen LogP contribution in [0.15, 0.2) is 29.6 Å². The van der Waals surface area contributed by atoms with E-state index in [1.807, 2.05) is 38.3 Å². The van der Waals surface area contributed by atoms with E-state index in [2.05, 4.69) is 22.2 Å². The van der Waals surface area contributed by atoms with Gasteiger partial charge in [0.25, 0.3) is 5.91 Å². The van der Waals surface area contributed by atoms with Gasteiger partial charge in [0.2, 0.25) is 12.3 Å². The molecule has 0 spiro atoms. The van der Waals surface area contributed by atoms with E-state index in [1.54, 1.807) is 23.5 Å². The molecular formula is C29H37F2N5O4S. The number of amides is 2. The second kappa shape index (κ2) is 11.7. The molecular weight excluding hydrogens is 552 g/mol. The lowest BCUT2D eigenvalue weighted by Crippen LogP contribution is -2.57. The molecule has 2 amide bonds. The minimum atomic E-state index is -2.73. The molecule has 12 heteroatoms. The molecule has 2 aromatic rings. The third-order valence-electron chi connectivity index (χ3n) is 8.75. The van der Waals surface area contributed by atoms with Crippen LogP contribution in [0, 0.1) is 11.3 Å². The third-order valence-corrected chi connectivity index (χ3v) is 9.66. The number of nitrogens with one attached hydrogen (secondary N) is 1. The van der Waals surface area contributed by atoms with Crippen LogP contribution < -0.4 is 10.2 Å². The van der Waals surface area contributed by atoms with Gasteiger partial charge in [-0.05, 0) is 31.0 Å². The number of halogens is 2. The fourth-order valence-corrected chi connectivity index (χ4v) is 6.54. The lowest BCUT2D eigenvalue weighted by Gasteiger charge is -2.36. The highest BCUT2D eigenvalue weighted by Gasteiger charge is 2.56. The number of ketones is 1. The first-order chi connectivity index (χ1) is 19.5. The summed E-state index contributed by atoms with van der Waals surface area (Å²) in [6.45, 7) is 8.83. The summed E-state index contributed by atoms with van der Waals surface area (Å²) < 4.78 is 32.8. The Morgan fingerprint density at radius 2 is 1.85 bits per heavy atom. The number of alkyl halides is 2. The first-order valence-corrected chi connectivity index (χ1v) is 14.9. The maximum absolute atomic E-state index is 13.8. The summed E-state index contributed by atoms with van der Waals surface area (Å²) in [5.74, 6) is -2.63. The average Bonchev–Trinajstić information content (AvgIpc) is 3.69. The molecule has 0 saturated carbocycles. The predicted octanol–water partition coefficient (Wildman–Crippen LogP) is 3.16. The van der Waals surface area contributed by atoms with E-state index in [4.69, 9.17) is 9.72 Å². The summed E-state index contributed by atoms with van der Waals surface area (Å²) in [6, 6.07) is 4.95. The number of carbonyl (C=O) groups is 3. The molecule has 3 fully saturated rings. The molecule has 3 saturated heterocycles. The lowest BCUT2D eigenvalue weighted by molar-refractivity contribution is -0.140. The number of anilines is 1. The van der Waals surface area contributed by atoms with Crippen molar-refractivity contribution in [1.29, 1.82) is 0 Å². The van der Waals surface area contributed by atoms with E-state index in [0.717, 1.165) is 42.6 Å². The Hall–Kier alpha value is -2.96. The van der Waals surface area contributed by atoms with Crippen molar-refractivity contribution >= 4 is 34.1 Å². The molecule has 3 aliphatic rings. The molecule has 41 heavy (non-hydrogen) atoms. The van der Waals surface area contributed by atoms with E-state index >= 15 is 0 Å². The molecule has 1 aromatic carbocycles. The summed E-state index contributed by atoms with van der Waals surface area (Å²) in [5, 5.41) is 5.84. The van der Waals surface area contributed by atoms with Crippen LogP contribution in [0.25, 0.3) is 11.3 Å². The predicted molar refractivity (Wildman–Crippen MR) is 152 cm³/mol. The Kier molecular flexibility index (Phi) is 8.45. The number of piperazine rings is 1. The van der Waals surface area contributed by atoms with Gasteiger partial charge in [-0.3, -0.25) is 14.4 Å². The van der Waals surface area contributed by atoms with Gasteiger partial charge in [-0.25, -0.2) is 13.8 Å². The van der Waals surface area contributed by atoms with Gasteiger partial charge in [0, 0.05) is 49.2 Å². The number of aromatic nitrogens is 1. The number of nitrogens with zero attached hydrogens (tertiary/aromatic N) is 4. The van der Waals surface area contributed by atoms with Crippen LogP contribution in [0.4, 0.5) is 13.9 Å². The molecule has 1 aromatic heterocycles. The van der Waals surface area contributed by atoms with E-state index < -0.39 is 47.8 Å². The fraction of sp³-hybridized carbons (Fsp3) is 0.586. The van der Waals surface area contributed by atoms with Crippen LogP contribution in [0.5, 0.6) is 0 Å². The molecule has 0 unspecified atom stereocenters. The molecule has 9 nitrogen and oxygen atoms in total. The molecule has 3 aliphatic heterocycles. The summed E-state index contributed by atoms with van der Waals surface area (Å²) in [6.07, 6.45) is -3.22. The monoisotopic (exact) mass is 589 g/mol. The first-order valence-electron chi connectivity index (χ1n) is 14.0. The minimum absolute atomic E-state index is 0.289. The smallest absolute Gasteiger partial charge is 0.251 e. The standard InChI is InChI=1S/C29H37F2N5O4S/c1-5-29(2,3)24(27(39)36-14-19(25(30)31)23-22(36)21(37)15-40-23)33-26(38)18-8-6-17(7-9-18)20-16-41-28(32-20)35-12-10-34(4)11-13-35/h6-9,16,19,22-25H,5,10-15H2,1-4H3,(H,33,38)/t19-,22-,23-,24-/m1/s1. The number of Topliss-reactive ketones (excluding diaryl/α,β-unsaturated/α-hetero) is 1. The van der Waals surface area contributed by atoms with Gasteiger partial charge in [0.05, 0.1) is 17.7 Å². The topological polar surface area (TPSA) is 95.1 Å². The Balaban J connectivity index is 1.31. The third kappa shape index (κ3) is 5.87. The van der Waals surface area contributed by atoms with Crippen LogP contribution in [-0.4, -0.2) is 103 Å². The van der Waals surface area contributed by atoms with Gasteiger partial charge in [0.15, 0.2) is 10.9 Å². The maximum Gasteiger partial charge on any atom is 0.251 e. The van der Waals surface area contributed by atoms with Crippen molar-refractivity contribution in [3.05, 3.63) is 35.2 Å². The van der Waals surface area contributed by atoms with Crippen molar-refractivity contribution in [2.75, 3.05) is 51.3 Å². The van der Waals surface area contributed by atoms with Gasteiger partial charge in [0.1, 0.15) is 18.7 Å². The summed E-state index contributed by atoms with van der Waals surface area (Å²) in [4.78, 5) is 50.3. The highest BCUT2D eigenvalue weighted by atomic mass is 32.1. The first kappa shape index (κ1) is 29.5. The van der Waals surface area contributed by atoms with Crippen LogP contribution in [0.3, 0.4) is 0 Å². The van der Waals surface area contributed by atoms with E-state index in [1.165, 1.54) is 4.90 Å². The lowest BCUT2D eigenvalue weighted by atomic mass is 9.80. The van der Waals surface area contributed by atoms with Crippen LogP contribution in [0.1, 0.15) is 37.6 Å². The zero-order valence-electron chi connectivity index (χ0n) is 23.8. The van der Waals surface area contributed by atoms with Gasteiger partial charge in [-0.1, -0.05) is 32.9 Å². The number of likely N-dealkylation sites (tertiary alicyclic amines) is 1. The number of rotatable bonds is 8. The van der Waals surface area contributed by atoms with E-state index in [0.29, 0.717) is 12.0 Å². The molecule has 5 rings (SSSR count). The van der Waals surface area contributed by atoms with Gasteiger partial charge in [-0.15, -0.1) is 11.3 Å². The average molecular weight is 590 g/mol. The quantitative estimate of drug-likeness (QED) is 0.506. The summed E-state index contributed by atoms with van der Waals surface area (Å²) >= 11 is 1.60. The Labute approximate surface area is 242 Å². The summed E-state index contributed by atoms with van der Waals surface area (Å²) in [5.41, 5.74) is 1.36. The molecule has 0 radical (unpaired) electrons.